The highest BCUT2D eigenvalue weighted by atomic mass is 32.2. The molecule has 1 aromatic rings. The summed E-state index contributed by atoms with van der Waals surface area (Å²) in [5, 5.41) is 15.1. The molecule has 1 aromatic carbocycles. The summed E-state index contributed by atoms with van der Waals surface area (Å²) in [7, 11) is 0. The van der Waals surface area contributed by atoms with Gasteiger partial charge in [0, 0.05) is 30.5 Å². The molecule has 1 fully saturated rings. The Balaban J connectivity index is 1.94. The van der Waals surface area contributed by atoms with Gasteiger partial charge in [-0.3, -0.25) is 4.79 Å². The lowest BCUT2D eigenvalue weighted by atomic mass is 10.1. The third-order valence-corrected chi connectivity index (χ3v) is 4.25. The molecule has 1 amide bonds. The first-order valence-electron chi connectivity index (χ1n) is 6.55. The smallest absolute Gasteiger partial charge is 0.330 e. The zero-order chi connectivity index (χ0) is 14.4. The van der Waals surface area contributed by atoms with Crippen molar-refractivity contribution in [2.75, 3.05) is 18.1 Å². The first-order valence-corrected chi connectivity index (χ1v) is 7.70. The molecule has 1 aliphatic heterocycles. The van der Waals surface area contributed by atoms with E-state index in [1.165, 1.54) is 0 Å². The number of rotatable bonds is 5. The Morgan fingerprint density at radius 3 is 2.75 bits per heavy atom. The fourth-order valence-electron chi connectivity index (χ4n) is 2.13. The number of carboxylic acids is 1. The lowest BCUT2D eigenvalue weighted by molar-refractivity contribution is -0.142. The lowest BCUT2D eigenvalue weighted by Gasteiger charge is -2.23. The monoisotopic (exact) mass is 294 g/mol. The van der Waals surface area contributed by atoms with Gasteiger partial charge in [-0.2, -0.15) is 11.8 Å². The number of carboxylic acid groups (broad SMARTS) is 1. The second-order valence-corrected chi connectivity index (χ2v) is 5.83. The zero-order valence-corrected chi connectivity index (χ0v) is 11.9. The van der Waals surface area contributed by atoms with Crippen molar-refractivity contribution in [1.82, 2.24) is 10.6 Å². The summed E-state index contributed by atoms with van der Waals surface area (Å²) in [6.07, 6.45) is 0.309. The Morgan fingerprint density at radius 1 is 1.40 bits per heavy atom. The molecule has 6 heteroatoms. The quantitative estimate of drug-likeness (QED) is 0.756. The van der Waals surface area contributed by atoms with Crippen LogP contribution in [0.25, 0.3) is 0 Å². The summed E-state index contributed by atoms with van der Waals surface area (Å²) >= 11 is 1.81. The van der Waals surface area contributed by atoms with Crippen molar-refractivity contribution in [3.8, 4) is 0 Å². The topological polar surface area (TPSA) is 78.4 Å². The molecular formula is C14H18N2O3S. The third kappa shape index (κ3) is 4.25. The summed E-state index contributed by atoms with van der Waals surface area (Å²) in [4.78, 5) is 23.3. The highest BCUT2D eigenvalue weighted by Gasteiger charge is 2.24. The van der Waals surface area contributed by atoms with Crippen LogP contribution in [0, 0.1) is 0 Å². The van der Waals surface area contributed by atoms with Crippen LogP contribution in [0.2, 0.25) is 0 Å². The number of nitrogens with one attached hydrogen (secondary N) is 2. The van der Waals surface area contributed by atoms with Gasteiger partial charge in [0.1, 0.15) is 0 Å². The SMILES string of the molecule is O=C(CC1CSCCN1)N[C@@H](C(=O)O)c1ccccc1. The normalized spacial score (nSPS) is 20.1. The number of hydrogen-bond acceptors (Lipinski definition) is 4. The van der Waals surface area contributed by atoms with Gasteiger partial charge in [0.05, 0.1) is 0 Å². The van der Waals surface area contributed by atoms with Crippen LogP contribution >= 0.6 is 11.8 Å². The second kappa shape index (κ2) is 7.31. The minimum absolute atomic E-state index is 0.124. The molecule has 2 atom stereocenters. The van der Waals surface area contributed by atoms with Gasteiger partial charge in [-0.15, -0.1) is 0 Å². The average Bonchev–Trinajstić information content (AvgIpc) is 2.46. The molecule has 0 saturated carbocycles. The Kier molecular flexibility index (Phi) is 5.43. The van der Waals surface area contributed by atoms with E-state index in [1.807, 2.05) is 17.8 Å². The zero-order valence-electron chi connectivity index (χ0n) is 11.0. The average molecular weight is 294 g/mol. The molecule has 3 N–H and O–H groups in total. The predicted molar refractivity (Wildman–Crippen MR) is 78.7 cm³/mol. The van der Waals surface area contributed by atoms with E-state index in [9.17, 15) is 14.7 Å². The highest BCUT2D eigenvalue weighted by Crippen LogP contribution is 2.14. The molecule has 0 radical (unpaired) electrons. The van der Waals surface area contributed by atoms with Gasteiger partial charge in [-0.1, -0.05) is 30.3 Å². The summed E-state index contributed by atoms with van der Waals surface area (Å²) < 4.78 is 0. The van der Waals surface area contributed by atoms with Crippen molar-refractivity contribution in [3.63, 3.8) is 0 Å². The lowest BCUT2D eigenvalue weighted by Crippen LogP contribution is -2.43. The Morgan fingerprint density at radius 2 is 2.15 bits per heavy atom. The summed E-state index contributed by atoms with van der Waals surface area (Å²) in [6.45, 7) is 0.893. The molecule has 0 spiro atoms. The Labute approximate surface area is 122 Å². The van der Waals surface area contributed by atoms with Crippen molar-refractivity contribution >= 4 is 23.6 Å². The Hall–Kier alpha value is -1.53. The van der Waals surface area contributed by atoms with Gasteiger partial charge in [0.25, 0.3) is 0 Å². The molecule has 2 rings (SSSR count). The number of benzene rings is 1. The predicted octanol–water partition coefficient (Wildman–Crippen LogP) is 1.02. The van der Waals surface area contributed by atoms with Gasteiger partial charge in [-0.05, 0) is 5.56 Å². The first kappa shape index (κ1) is 14.9. The molecular weight excluding hydrogens is 276 g/mol. The molecule has 1 heterocycles. The third-order valence-electron chi connectivity index (χ3n) is 3.12. The minimum Gasteiger partial charge on any atom is -0.479 e. The maximum Gasteiger partial charge on any atom is 0.330 e. The summed E-state index contributed by atoms with van der Waals surface area (Å²) in [6, 6.07) is 7.88. The van der Waals surface area contributed by atoms with E-state index in [0.29, 0.717) is 12.0 Å². The van der Waals surface area contributed by atoms with Crippen LogP contribution in [0.5, 0.6) is 0 Å². The van der Waals surface area contributed by atoms with E-state index in [-0.39, 0.29) is 11.9 Å². The molecule has 1 unspecified atom stereocenters. The van der Waals surface area contributed by atoms with Crippen molar-refractivity contribution < 1.29 is 14.7 Å². The first-order chi connectivity index (χ1) is 9.66. The van der Waals surface area contributed by atoms with E-state index in [0.717, 1.165) is 18.1 Å². The van der Waals surface area contributed by atoms with E-state index in [4.69, 9.17) is 0 Å². The molecule has 0 aromatic heterocycles. The summed E-state index contributed by atoms with van der Waals surface area (Å²) in [5.41, 5.74) is 0.583. The van der Waals surface area contributed by atoms with Crippen LogP contribution < -0.4 is 10.6 Å². The Bertz CT molecular complexity index is 461. The van der Waals surface area contributed by atoms with Crippen molar-refractivity contribution in [2.45, 2.75) is 18.5 Å². The van der Waals surface area contributed by atoms with Crippen LogP contribution in [0.15, 0.2) is 30.3 Å². The maximum absolute atomic E-state index is 12.0. The fraction of sp³-hybridized carbons (Fsp3) is 0.429. The molecule has 108 valence electrons. The van der Waals surface area contributed by atoms with Gasteiger partial charge in [-0.25, -0.2) is 4.79 Å². The van der Waals surface area contributed by atoms with Crippen molar-refractivity contribution in [3.05, 3.63) is 35.9 Å². The van der Waals surface area contributed by atoms with E-state index < -0.39 is 12.0 Å². The van der Waals surface area contributed by atoms with Crippen LogP contribution in [0.4, 0.5) is 0 Å². The number of carbonyl (C=O) groups excluding carboxylic acids is 1. The second-order valence-electron chi connectivity index (χ2n) is 4.68. The van der Waals surface area contributed by atoms with Gasteiger partial charge in [0.2, 0.25) is 5.91 Å². The maximum atomic E-state index is 12.0. The number of aliphatic carboxylic acids is 1. The van der Waals surface area contributed by atoms with Gasteiger partial charge >= 0.3 is 5.97 Å². The van der Waals surface area contributed by atoms with Crippen LogP contribution in [0.1, 0.15) is 18.0 Å². The van der Waals surface area contributed by atoms with Crippen LogP contribution in [-0.2, 0) is 9.59 Å². The van der Waals surface area contributed by atoms with Crippen LogP contribution in [0.3, 0.4) is 0 Å². The van der Waals surface area contributed by atoms with Gasteiger partial charge < -0.3 is 15.7 Å². The van der Waals surface area contributed by atoms with Crippen LogP contribution in [-0.4, -0.2) is 41.1 Å². The highest BCUT2D eigenvalue weighted by molar-refractivity contribution is 7.99. The summed E-state index contributed by atoms with van der Waals surface area (Å²) in [5.74, 6) is 0.660. The number of hydrogen-bond donors (Lipinski definition) is 3. The standard InChI is InChI=1S/C14H18N2O3S/c17-12(8-11-9-20-7-6-15-11)16-13(14(18)19)10-4-2-1-3-5-10/h1-5,11,13,15H,6-9H2,(H,16,17)(H,18,19)/t11?,13-/m1/s1. The van der Waals surface area contributed by atoms with E-state index in [2.05, 4.69) is 10.6 Å². The largest absolute Gasteiger partial charge is 0.479 e. The molecule has 0 bridgehead atoms. The minimum atomic E-state index is -1.05. The molecule has 0 aliphatic carbocycles. The van der Waals surface area contributed by atoms with Gasteiger partial charge in [0.15, 0.2) is 6.04 Å². The molecule has 1 aliphatic rings. The fourth-order valence-corrected chi connectivity index (χ4v) is 3.08. The molecule has 20 heavy (non-hydrogen) atoms. The number of thioether (sulfide) groups is 1. The number of amides is 1. The number of carbonyl (C=O) groups is 2. The van der Waals surface area contributed by atoms with Crippen molar-refractivity contribution in [2.24, 2.45) is 0 Å². The van der Waals surface area contributed by atoms with Crippen molar-refractivity contribution in [1.29, 1.82) is 0 Å². The van der Waals surface area contributed by atoms with E-state index in [1.54, 1.807) is 24.3 Å². The molecule has 1 saturated heterocycles. The van der Waals surface area contributed by atoms with E-state index >= 15 is 0 Å². The molecule has 5 nitrogen and oxygen atoms in total.